The lowest BCUT2D eigenvalue weighted by Gasteiger charge is -2.11. The average Bonchev–Trinajstić information content (AvgIpc) is 3.50. The van der Waals surface area contributed by atoms with Crippen LogP contribution in [0.25, 0.3) is 0 Å². The van der Waals surface area contributed by atoms with Crippen LogP contribution in [0.5, 0.6) is 0 Å². The molecular formula is C19H20N4O5S. The van der Waals surface area contributed by atoms with E-state index in [2.05, 4.69) is 15.5 Å². The van der Waals surface area contributed by atoms with Gasteiger partial charge in [-0.1, -0.05) is 23.8 Å². The largest absolute Gasteiger partial charge is 0.345 e. The number of hydrazine groups is 1. The molecule has 0 heterocycles. The molecule has 10 heteroatoms. The fourth-order valence-corrected chi connectivity index (χ4v) is 3.43. The summed E-state index contributed by atoms with van der Waals surface area (Å²) in [7, 11) is -3.82. The van der Waals surface area contributed by atoms with Crippen molar-refractivity contribution < 1.29 is 22.8 Å². The van der Waals surface area contributed by atoms with Gasteiger partial charge in [0.15, 0.2) is 0 Å². The number of anilines is 1. The number of aryl methyl sites for hydroxylation is 1. The van der Waals surface area contributed by atoms with Crippen LogP contribution in [0.15, 0.2) is 53.4 Å². The van der Waals surface area contributed by atoms with Gasteiger partial charge in [0.2, 0.25) is 0 Å². The zero-order valence-electron chi connectivity index (χ0n) is 15.6. The molecule has 0 aliphatic heterocycles. The highest BCUT2D eigenvalue weighted by atomic mass is 32.2. The third-order valence-electron chi connectivity index (χ3n) is 4.12. The Morgan fingerprint density at radius 1 is 0.931 bits per heavy atom. The fourth-order valence-electron chi connectivity index (χ4n) is 2.38. The van der Waals surface area contributed by atoms with Gasteiger partial charge in [0.1, 0.15) is 0 Å². The van der Waals surface area contributed by atoms with Crippen LogP contribution in [0.4, 0.5) is 5.69 Å². The summed E-state index contributed by atoms with van der Waals surface area (Å²) in [4.78, 5) is 35.5. The van der Waals surface area contributed by atoms with Crippen molar-refractivity contribution in [3.63, 3.8) is 0 Å². The molecule has 0 unspecified atom stereocenters. The maximum Gasteiger partial charge on any atom is 0.327 e. The number of hydrogen-bond donors (Lipinski definition) is 4. The van der Waals surface area contributed by atoms with E-state index in [9.17, 15) is 22.8 Å². The van der Waals surface area contributed by atoms with Crippen LogP contribution in [0, 0.1) is 6.92 Å². The summed E-state index contributed by atoms with van der Waals surface area (Å²) < 4.78 is 27.3. The average molecular weight is 416 g/mol. The lowest BCUT2D eigenvalue weighted by molar-refractivity contribution is -0.139. The van der Waals surface area contributed by atoms with Crippen molar-refractivity contribution >= 4 is 33.4 Å². The van der Waals surface area contributed by atoms with E-state index in [0.717, 1.165) is 18.4 Å². The highest BCUT2D eigenvalue weighted by molar-refractivity contribution is 7.92. The first-order valence-corrected chi connectivity index (χ1v) is 10.3. The number of benzene rings is 2. The minimum Gasteiger partial charge on any atom is -0.345 e. The molecule has 0 radical (unpaired) electrons. The molecule has 4 N–H and O–H groups in total. The summed E-state index contributed by atoms with van der Waals surface area (Å²) in [6, 6.07) is 12.1. The molecule has 9 nitrogen and oxygen atoms in total. The summed E-state index contributed by atoms with van der Waals surface area (Å²) in [6.45, 7) is 1.85. The van der Waals surface area contributed by atoms with Gasteiger partial charge in [-0.2, -0.15) is 0 Å². The van der Waals surface area contributed by atoms with Crippen molar-refractivity contribution in [2.24, 2.45) is 0 Å². The van der Waals surface area contributed by atoms with Crippen LogP contribution in [-0.2, 0) is 19.6 Å². The number of rotatable bonds is 5. The van der Waals surface area contributed by atoms with Crippen molar-refractivity contribution in [2.75, 3.05) is 4.72 Å². The van der Waals surface area contributed by atoms with Gasteiger partial charge in [0, 0.05) is 17.3 Å². The van der Waals surface area contributed by atoms with Gasteiger partial charge in [-0.05, 0) is 50.1 Å². The Balaban J connectivity index is 1.62. The maximum atomic E-state index is 12.5. The predicted octanol–water partition coefficient (Wildman–Crippen LogP) is 0.835. The van der Waals surface area contributed by atoms with E-state index in [0.29, 0.717) is 0 Å². The lowest BCUT2D eigenvalue weighted by Crippen LogP contribution is -2.49. The van der Waals surface area contributed by atoms with Gasteiger partial charge in [-0.15, -0.1) is 0 Å². The third-order valence-corrected chi connectivity index (χ3v) is 5.51. The van der Waals surface area contributed by atoms with Crippen LogP contribution >= 0.6 is 0 Å². The van der Waals surface area contributed by atoms with E-state index in [1.165, 1.54) is 36.4 Å². The molecule has 1 fully saturated rings. The quantitative estimate of drug-likeness (QED) is 0.423. The zero-order valence-corrected chi connectivity index (χ0v) is 16.4. The molecule has 0 spiro atoms. The van der Waals surface area contributed by atoms with Gasteiger partial charge in [-0.25, -0.2) is 8.42 Å². The van der Waals surface area contributed by atoms with Crippen LogP contribution < -0.4 is 20.9 Å². The Morgan fingerprint density at radius 2 is 1.62 bits per heavy atom. The summed E-state index contributed by atoms with van der Waals surface area (Å²) >= 11 is 0. The van der Waals surface area contributed by atoms with Crippen molar-refractivity contribution in [3.05, 3.63) is 59.7 Å². The monoisotopic (exact) mass is 416 g/mol. The Hall–Kier alpha value is -3.40. The van der Waals surface area contributed by atoms with E-state index in [4.69, 9.17) is 0 Å². The number of carbonyl (C=O) groups excluding carboxylic acids is 3. The van der Waals surface area contributed by atoms with Crippen molar-refractivity contribution in [2.45, 2.75) is 30.7 Å². The molecule has 0 aromatic heterocycles. The van der Waals surface area contributed by atoms with Crippen LogP contribution in [0.2, 0.25) is 0 Å². The van der Waals surface area contributed by atoms with E-state index in [1.807, 2.05) is 12.3 Å². The molecule has 29 heavy (non-hydrogen) atoms. The number of nitrogens with one attached hydrogen (secondary N) is 4. The molecule has 2 aromatic rings. The summed E-state index contributed by atoms with van der Waals surface area (Å²) in [5.74, 6) is -2.51. The van der Waals surface area contributed by atoms with Crippen molar-refractivity contribution in [1.29, 1.82) is 0 Å². The second-order valence-corrected chi connectivity index (χ2v) is 8.34. The van der Waals surface area contributed by atoms with Gasteiger partial charge in [0.25, 0.3) is 15.9 Å². The van der Waals surface area contributed by atoms with E-state index in [-0.39, 0.29) is 22.2 Å². The first-order valence-electron chi connectivity index (χ1n) is 8.85. The molecule has 1 aliphatic carbocycles. The standard InChI is InChI=1S/C19H20N4O5S/c1-12-5-9-16(10-6-12)29(27,28)23-15-4-2-3-13(11-15)17(24)21-22-19(26)18(25)20-14-7-8-14/h2-6,9-11,14,23H,7-8H2,1H3,(H,20,25)(H,21,24)(H,22,26). The molecule has 0 saturated heterocycles. The van der Waals surface area contributed by atoms with Crippen molar-refractivity contribution in [3.8, 4) is 0 Å². The lowest BCUT2D eigenvalue weighted by atomic mass is 10.2. The van der Waals surface area contributed by atoms with Gasteiger partial charge in [0.05, 0.1) is 4.90 Å². The molecule has 1 aliphatic rings. The topological polar surface area (TPSA) is 133 Å². The highest BCUT2D eigenvalue weighted by Gasteiger charge is 2.26. The Morgan fingerprint density at radius 3 is 2.28 bits per heavy atom. The van der Waals surface area contributed by atoms with Gasteiger partial charge >= 0.3 is 11.8 Å². The molecular weight excluding hydrogens is 396 g/mol. The third kappa shape index (κ3) is 5.55. The number of amides is 3. The molecule has 3 rings (SSSR count). The zero-order chi connectivity index (χ0) is 21.0. The minimum atomic E-state index is -3.82. The summed E-state index contributed by atoms with van der Waals surface area (Å²) in [5.41, 5.74) is 5.35. The van der Waals surface area contributed by atoms with Gasteiger partial charge in [-0.3, -0.25) is 30.0 Å². The predicted molar refractivity (Wildman–Crippen MR) is 105 cm³/mol. The molecule has 0 bridgehead atoms. The van der Waals surface area contributed by atoms with E-state index in [1.54, 1.807) is 12.1 Å². The molecule has 0 atom stereocenters. The number of hydrogen-bond acceptors (Lipinski definition) is 5. The molecule has 2 aromatic carbocycles. The first-order chi connectivity index (χ1) is 13.7. The highest BCUT2D eigenvalue weighted by Crippen LogP contribution is 2.18. The fraction of sp³-hybridized carbons (Fsp3) is 0.211. The molecule has 152 valence electrons. The first kappa shape index (κ1) is 20.3. The number of sulfonamides is 1. The second kappa shape index (κ2) is 8.31. The van der Waals surface area contributed by atoms with Gasteiger partial charge < -0.3 is 5.32 Å². The van der Waals surface area contributed by atoms with Crippen LogP contribution in [0.1, 0.15) is 28.8 Å². The van der Waals surface area contributed by atoms with Crippen LogP contribution in [0.3, 0.4) is 0 Å². The Labute approximate surface area is 167 Å². The Kier molecular flexibility index (Phi) is 5.83. The van der Waals surface area contributed by atoms with Crippen molar-refractivity contribution in [1.82, 2.24) is 16.2 Å². The SMILES string of the molecule is Cc1ccc(S(=O)(=O)Nc2cccc(C(=O)NNC(=O)C(=O)NC3CC3)c2)cc1. The smallest absolute Gasteiger partial charge is 0.327 e. The Bertz CT molecular complexity index is 1050. The summed E-state index contributed by atoms with van der Waals surface area (Å²) in [5, 5.41) is 2.49. The maximum absolute atomic E-state index is 12.5. The summed E-state index contributed by atoms with van der Waals surface area (Å²) in [6.07, 6.45) is 1.66. The number of carbonyl (C=O) groups is 3. The van der Waals surface area contributed by atoms with E-state index >= 15 is 0 Å². The van der Waals surface area contributed by atoms with Crippen LogP contribution in [-0.4, -0.2) is 32.2 Å². The molecule has 1 saturated carbocycles. The molecule has 3 amide bonds. The second-order valence-electron chi connectivity index (χ2n) is 6.66. The van der Waals surface area contributed by atoms with E-state index < -0.39 is 27.7 Å². The minimum absolute atomic E-state index is 0.0159. The normalized spacial score (nSPS) is 13.3.